The van der Waals surface area contributed by atoms with E-state index in [1.807, 2.05) is 12.1 Å². The van der Waals surface area contributed by atoms with Gasteiger partial charge >= 0.3 is 0 Å². The third-order valence-electron chi connectivity index (χ3n) is 5.87. The molecular weight excluding hydrogens is 317 g/mol. The summed E-state index contributed by atoms with van der Waals surface area (Å²) in [4.78, 5) is 4.06. The maximum atomic E-state index is 15.3. The molecule has 1 aliphatic heterocycles. The van der Waals surface area contributed by atoms with Gasteiger partial charge in [-0.25, -0.2) is 9.38 Å². The maximum absolute atomic E-state index is 15.3. The molecule has 0 aromatic heterocycles. The van der Waals surface area contributed by atoms with Gasteiger partial charge in [-0.2, -0.15) is 0 Å². The van der Waals surface area contributed by atoms with Gasteiger partial charge in [-0.1, -0.05) is 38.5 Å². The van der Waals surface area contributed by atoms with Gasteiger partial charge in [-0.3, -0.25) is 0 Å². The van der Waals surface area contributed by atoms with Crippen molar-refractivity contribution in [1.82, 2.24) is 0 Å². The molecule has 0 saturated heterocycles. The van der Waals surface area contributed by atoms with Crippen LogP contribution in [0.4, 0.5) is 4.39 Å². The molecule has 3 rings (SSSR count). The van der Waals surface area contributed by atoms with Crippen LogP contribution in [0.5, 0.6) is 0 Å². The van der Waals surface area contributed by atoms with Crippen LogP contribution in [0.3, 0.4) is 0 Å². The molecule has 1 saturated carbocycles. The zero-order valence-corrected chi connectivity index (χ0v) is 15.6. The first-order valence-electron chi connectivity index (χ1n) is 9.02. The molecule has 25 heavy (non-hydrogen) atoms. The van der Waals surface area contributed by atoms with Gasteiger partial charge in [0.25, 0.3) is 0 Å². The van der Waals surface area contributed by atoms with E-state index < -0.39 is 11.6 Å². The predicted octanol–water partition coefficient (Wildman–Crippen LogP) is 4.86. The SMILES string of the molecule is COC1=CC(c2ccc(CO)cc2[C@@H]2CCCC2(C)C)C(C)(F)C=N1. The fourth-order valence-electron chi connectivity index (χ4n) is 4.34. The van der Waals surface area contributed by atoms with Crippen molar-refractivity contribution in [3.8, 4) is 0 Å². The first-order valence-corrected chi connectivity index (χ1v) is 9.02. The molecule has 0 radical (unpaired) electrons. The summed E-state index contributed by atoms with van der Waals surface area (Å²) in [6.07, 6.45) is 6.57. The molecule has 1 N–H and O–H groups in total. The Hall–Kier alpha value is -1.68. The molecule has 2 unspecified atom stereocenters. The summed E-state index contributed by atoms with van der Waals surface area (Å²) in [5.41, 5.74) is 1.61. The van der Waals surface area contributed by atoms with E-state index in [1.54, 1.807) is 20.1 Å². The van der Waals surface area contributed by atoms with Crippen LogP contribution in [-0.4, -0.2) is 24.1 Å². The summed E-state index contributed by atoms with van der Waals surface area (Å²) in [6.45, 7) is 6.13. The van der Waals surface area contributed by atoms with Gasteiger partial charge in [-0.15, -0.1) is 0 Å². The van der Waals surface area contributed by atoms with E-state index in [0.717, 1.165) is 23.1 Å². The minimum absolute atomic E-state index is 0.00138. The number of aliphatic hydroxyl groups excluding tert-OH is 1. The van der Waals surface area contributed by atoms with Crippen molar-refractivity contribution in [1.29, 1.82) is 0 Å². The van der Waals surface area contributed by atoms with E-state index in [4.69, 9.17) is 4.74 Å². The molecule has 136 valence electrons. The van der Waals surface area contributed by atoms with Crippen LogP contribution in [0.15, 0.2) is 35.2 Å². The molecular formula is C21H28FNO2. The van der Waals surface area contributed by atoms with Crippen molar-refractivity contribution in [2.45, 2.75) is 64.1 Å². The molecule has 3 atom stereocenters. The lowest BCUT2D eigenvalue weighted by molar-refractivity contribution is 0.234. The Morgan fingerprint density at radius 2 is 2.04 bits per heavy atom. The van der Waals surface area contributed by atoms with Crippen LogP contribution < -0.4 is 0 Å². The number of hydrogen-bond donors (Lipinski definition) is 1. The average Bonchev–Trinajstić information content (AvgIpc) is 2.93. The predicted molar refractivity (Wildman–Crippen MR) is 98.6 cm³/mol. The summed E-state index contributed by atoms with van der Waals surface area (Å²) in [7, 11) is 1.55. The number of alkyl halides is 1. The molecule has 1 aromatic carbocycles. The second-order valence-electron chi connectivity index (χ2n) is 8.15. The molecule has 0 spiro atoms. The number of ether oxygens (including phenoxy) is 1. The van der Waals surface area contributed by atoms with E-state index in [-0.39, 0.29) is 12.0 Å². The first kappa shape index (κ1) is 18.1. The van der Waals surface area contributed by atoms with Gasteiger partial charge in [0, 0.05) is 12.1 Å². The van der Waals surface area contributed by atoms with Crippen LogP contribution in [0.1, 0.15) is 68.6 Å². The van der Waals surface area contributed by atoms with Crippen LogP contribution in [-0.2, 0) is 11.3 Å². The second kappa shape index (κ2) is 6.56. The van der Waals surface area contributed by atoms with Crippen molar-refractivity contribution in [3.05, 3.63) is 46.8 Å². The number of rotatable bonds is 4. The Morgan fingerprint density at radius 1 is 1.28 bits per heavy atom. The quantitative estimate of drug-likeness (QED) is 0.847. The van der Waals surface area contributed by atoms with Crippen LogP contribution in [0, 0.1) is 5.41 Å². The summed E-state index contributed by atoms with van der Waals surface area (Å²) in [5.74, 6) is 0.366. The van der Waals surface area contributed by atoms with Crippen LogP contribution >= 0.6 is 0 Å². The number of allylic oxidation sites excluding steroid dienone is 1. The number of nitrogens with zero attached hydrogens (tertiary/aromatic N) is 1. The zero-order chi connectivity index (χ0) is 18.2. The fraction of sp³-hybridized carbons (Fsp3) is 0.571. The normalized spacial score (nSPS) is 31.0. The standard InChI is InChI=1S/C21H28FNO2/c1-20(2)9-5-6-17(20)16-10-14(12-24)7-8-15(16)18-11-19(25-4)23-13-21(18,3)22/h7-8,10-11,13,17-18,24H,5-6,9,12H2,1-4H3/t17-,18?,21?/m0/s1. The van der Waals surface area contributed by atoms with Gasteiger partial charge < -0.3 is 9.84 Å². The number of methoxy groups -OCH3 is 1. The highest BCUT2D eigenvalue weighted by Gasteiger charge is 2.41. The first-order chi connectivity index (χ1) is 11.8. The topological polar surface area (TPSA) is 41.8 Å². The van der Waals surface area contributed by atoms with Crippen molar-refractivity contribution >= 4 is 6.21 Å². The average molecular weight is 345 g/mol. The van der Waals surface area contributed by atoms with Crippen LogP contribution in [0.25, 0.3) is 0 Å². The summed E-state index contributed by atoms with van der Waals surface area (Å²) in [5, 5.41) is 9.59. The highest BCUT2D eigenvalue weighted by atomic mass is 19.1. The second-order valence-corrected chi connectivity index (χ2v) is 8.15. The molecule has 2 aliphatic rings. The molecule has 0 bridgehead atoms. The van der Waals surface area contributed by atoms with Crippen molar-refractivity contribution < 1.29 is 14.2 Å². The fourth-order valence-corrected chi connectivity index (χ4v) is 4.34. The largest absolute Gasteiger partial charge is 0.481 e. The molecule has 1 aromatic rings. The Kier molecular flexibility index (Phi) is 4.76. The summed E-state index contributed by atoms with van der Waals surface area (Å²) in [6, 6.07) is 5.93. The van der Waals surface area contributed by atoms with Gasteiger partial charge in [0.1, 0.15) is 0 Å². The molecule has 1 aliphatic carbocycles. The van der Waals surface area contributed by atoms with E-state index >= 15 is 4.39 Å². The lowest BCUT2D eigenvalue weighted by atomic mass is 9.72. The smallest absolute Gasteiger partial charge is 0.209 e. The van der Waals surface area contributed by atoms with Crippen molar-refractivity contribution in [2.75, 3.05) is 7.11 Å². The Bertz CT molecular complexity index is 706. The lowest BCUT2D eigenvalue weighted by Gasteiger charge is -2.34. The van der Waals surface area contributed by atoms with Gasteiger partial charge in [0.2, 0.25) is 5.88 Å². The Labute approximate surface area is 149 Å². The van der Waals surface area contributed by atoms with Gasteiger partial charge in [-0.05, 0) is 53.9 Å². The van der Waals surface area contributed by atoms with Gasteiger partial charge in [0.05, 0.1) is 13.7 Å². The molecule has 4 heteroatoms. The zero-order valence-electron chi connectivity index (χ0n) is 15.6. The van der Waals surface area contributed by atoms with Crippen molar-refractivity contribution in [3.63, 3.8) is 0 Å². The third kappa shape index (κ3) is 3.37. The monoisotopic (exact) mass is 345 g/mol. The Balaban J connectivity index is 2.13. The van der Waals surface area contributed by atoms with Crippen molar-refractivity contribution in [2.24, 2.45) is 10.4 Å². The van der Waals surface area contributed by atoms with E-state index in [0.29, 0.717) is 11.8 Å². The number of aliphatic hydroxyl groups is 1. The Morgan fingerprint density at radius 3 is 2.64 bits per heavy atom. The van der Waals surface area contributed by atoms with E-state index in [1.165, 1.54) is 19.1 Å². The molecule has 1 fully saturated rings. The van der Waals surface area contributed by atoms with Gasteiger partial charge in [0.15, 0.2) is 5.67 Å². The maximum Gasteiger partial charge on any atom is 0.209 e. The van der Waals surface area contributed by atoms with Crippen LogP contribution in [0.2, 0.25) is 0 Å². The summed E-state index contributed by atoms with van der Waals surface area (Å²) >= 11 is 0. The number of aliphatic imine (C=N–C) groups is 1. The minimum atomic E-state index is -1.57. The lowest BCUT2D eigenvalue weighted by Crippen LogP contribution is -2.32. The number of benzene rings is 1. The number of hydrogen-bond acceptors (Lipinski definition) is 3. The van der Waals surface area contributed by atoms with E-state index in [2.05, 4.69) is 24.9 Å². The number of halogens is 1. The molecule has 1 heterocycles. The van der Waals surface area contributed by atoms with E-state index in [9.17, 15) is 5.11 Å². The molecule has 0 amide bonds. The third-order valence-corrected chi connectivity index (χ3v) is 5.87. The highest BCUT2D eigenvalue weighted by molar-refractivity contribution is 5.73. The minimum Gasteiger partial charge on any atom is -0.481 e. The summed E-state index contributed by atoms with van der Waals surface area (Å²) < 4.78 is 20.5. The molecule has 3 nitrogen and oxygen atoms in total. The highest BCUT2D eigenvalue weighted by Crippen LogP contribution is 2.51.